The van der Waals surface area contributed by atoms with Crippen LogP contribution in [-0.4, -0.2) is 19.8 Å². The Bertz CT molecular complexity index is 208. The molecule has 140 valence electrons. The molecule has 0 aromatic carbocycles. The number of nitrogens with two attached hydrogens (primary N) is 1. The first-order chi connectivity index (χ1) is 11.3. The van der Waals surface area contributed by atoms with E-state index < -0.39 is 0 Å². The zero-order chi connectivity index (χ0) is 17.0. The fourth-order valence-corrected chi connectivity index (χ4v) is 3.17. The van der Waals surface area contributed by atoms with E-state index in [0.717, 1.165) is 32.1 Å². The van der Waals surface area contributed by atoms with Gasteiger partial charge in [0.2, 0.25) is 0 Å². The highest BCUT2D eigenvalue weighted by Gasteiger charge is 2.09. The van der Waals surface area contributed by atoms with E-state index in [1.807, 2.05) is 0 Å². The highest BCUT2D eigenvalue weighted by Crippen LogP contribution is 2.19. The molecule has 2 heteroatoms. The summed E-state index contributed by atoms with van der Waals surface area (Å²) in [4.78, 5) is 0. The first-order valence-corrected chi connectivity index (χ1v) is 10.6. The van der Waals surface area contributed by atoms with Gasteiger partial charge >= 0.3 is 0 Å². The van der Waals surface area contributed by atoms with Gasteiger partial charge in [-0.25, -0.2) is 0 Å². The van der Waals surface area contributed by atoms with Gasteiger partial charge in [-0.05, 0) is 31.7 Å². The molecule has 0 saturated heterocycles. The van der Waals surface area contributed by atoms with Crippen LogP contribution in [0.25, 0.3) is 0 Å². The number of hydrogen-bond donors (Lipinski definition) is 1. The predicted molar refractivity (Wildman–Crippen MR) is 104 cm³/mol. The predicted octanol–water partition coefficient (Wildman–Crippen LogP) is 6.47. The summed E-state index contributed by atoms with van der Waals surface area (Å²) in [6.45, 7) is 7.13. The molecule has 2 nitrogen and oxygen atoms in total. The van der Waals surface area contributed by atoms with Gasteiger partial charge in [0.05, 0.1) is 0 Å². The second kappa shape index (κ2) is 20.0. The first kappa shape index (κ1) is 22.9. The average molecular weight is 328 g/mol. The molecular weight excluding hydrogens is 282 g/mol. The van der Waals surface area contributed by atoms with Crippen molar-refractivity contribution in [3.05, 3.63) is 0 Å². The Morgan fingerprint density at radius 2 is 1.13 bits per heavy atom. The van der Waals surface area contributed by atoms with Gasteiger partial charge in [-0.3, -0.25) is 0 Å². The normalized spacial score (nSPS) is 12.7. The van der Waals surface area contributed by atoms with Crippen LogP contribution < -0.4 is 5.73 Å². The van der Waals surface area contributed by atoms with Gasteiger partial charge in [-0.2, -0.15) is 0 Å². The summed E-state index contributed by atoms with van der Waals surface area (Å²) in [6.07, 6.45) is 20.5. The van der Waals surface area contributed by atoms with E-state index in [9.17, 15) is 0 Å². The van der Waals surface area contributed by atoms with Crippen molar-refractivity contribution in [2.75, 3.05) is 19.8 Å². The summed E-state index contributed by atoms with van der Waals surface area (Å²) < 4.78 is 5.84. The molecule has 0 aliphatic carbocycles. The van der Waals surface area contributed by atoms with Crippen LogP contribution in [0.5, 0.6) is 0 Å². The zero-order valence-corrected chi connectivity index (χ0v) is 16.3. The fourth-order valence-electron chi connectivity index (χ4n) is 3.17. The van der Waals surface area contributed by atoms with E-state index in [2.05, 4.69) is 13.8 Å². The smallest absolute Gasteiger partial charge is 0.0494 e. The van der Waals surface area contributed by atoms with Crippen LogP contribution in [0.2, 0.25) is 0 Å². The molecule has 0 fully saturated rings. The van der Waals surface area contributed by atoms with Crippen molar-refractivity contribution in [1.29, 1.82) is 0 Å². The van der Waals surface area contributed by atoms with E-state index in [0.29, 0.717) is 0 Å². The Balaban J connectivity index is 3.69. The third-order valence-corrected chi connectivity index (χ3v) is 4.78. The van der Waals surface area contributed by atoms with Gasteiger partial charge in [0, 0.05) is 13.2 Å². The minimum Gasteiger partial charge on any atom is -0.381 e. The van der Waals surface area contributed by atoms with Gasteiger partial charge in [0.25, 0.3) is 0 Å². The molecular formula is C21H45NO. The Morgan fingerprint density at radius 3 is 1.61 bits per heavy atom. The fraction of sp³-hybridized carbons (Fsp3) is 1.00. The van der Waals surface area contributed by atoms with E-state index in [-0.39, 0.29) is 0 Å². The summed E-state index contributed by atoms with van der Waals surface area (Å²) in [5.74, 6) is 0.782. The van der Waals surface area contributed by atoms with Crippen LogP contribution in [-0.2, 0) is 4.74 Å². The number of hydrogen-bond acceptors (Lipinski definition) is 2. The van der Waals surface area contributed by atoms with Crippen molar-refractivity contribution in [2.45, 2.75) is 110 Å². The van der Waals surface area contributed by atoms with Crippen molar-refractivity contribution < 1.29 is 4.74 Å². The summed E-state index contributed by atoms with van der Waals surface area (Å²) in [6, 6.07) is 0. The topological polar surface area (TPSA) is 35.2 Å². The minimum atomic E-state index is 0.749. The van der Waals surface area contributed by atoms with E-state index in [4.69, 9.17) is 10.5 Å². The molecule has 0 heterocycles. The van der Waals surface area contributed by atoms with Gasteiger partial charge in [0.15, 0.2) is 0 Å². The molecule has 0 aromatic heterocycles. The quantitative estimate of drug-likeness (QED) is 0.276. The Hall–Kier alpha value is -0.0800. The van der Waals surface area contributed by atoms with Gasteiger partial charge in [-0.1, -0.05) is 90.9 Å². The van der Waals surface area contributed by atoms with Gasteiger partial charge < -0.3 is 10.5 Å². The van der Waals surface area contributed by atoms with Crippen molar-refractivity contribution in [3.63, 3.8) is 0 Å². The van der Waals surface area contributed by atoms with Crippen LogP contribution >= 0.6 is 0 Å². The first-order valence-electron chi connectivity index (χ1n) is 10.6. The van der Waals surface area contributed by atoms with Crippen LogP contribution in [0.4, 0.5) is 0 Å². The zero-order valence-electron chi connectivity index (χ0n) is 16.3. The van der Waals surface area contributed by atoms with Gasteiger partial charge in [-0.15, -0.1) is 0 Å². The highest BCUT2D eigenvalue weighted by atomic mass is 16.5. The summed E-state index contributed by atoms with van der Waals surface area (Å²) in [5, 5.41) is 0. The maximum absolute atomic E-state index is 5.84. The standard InChI is InChI=1S/C21H45NO/c1-3-5-7-9-10-12-14-17-21(20-23-19-15-18-22)16-13-11-8-6-4-2/h21H,3-20,22H2,1-2H3. The Kier molecular flexibility index (Phi) is 19.9. The lowest BCUT2D eigenvalue weighted by Gasteiger charge is -2.17. The second-order valence-electron chi connectivity index (χ2n) is 7.20. The molecule has 0 bridgehead atoms. The van der Waals surface area contributed by atoms with Crippen LogP contribution in [0.3, 0.4) is 0 Å². The Labute approximate surface area is 146 Å². The number of unbranched alkanes of at least 4 members (excludes halogenated alkanes) is 10. The number of rotatable bonds is 19. The third-order valence-electron chi connectivity index (χ3n) is 4.78. The molecule has 0 aromatic rings. The average Bonchev–Trinajstić information content (AvgIpc) is 2.57. The highest BCUT2D eigenvalue weighted by molar-refractivity contribution is 4.60. The molecule has 0 radical (unpaired) electrons. The maximum atomic E-state index is 5.84. The molecule has 0 saturated carbocycles. The molecule has 23 heavy (non-hydrogen) atoms. The van der Waals surface area contributed by atoms with Crippen molar-refractivity contribution in [1.82, 2.24) is 0 Å². The van der Waals surface area contributed by atoms with Crippen molar-refractivity contribution >= 4 is 0 Å². The molecule has 0 spiro atoms. The Morgan fingerprint density at radius 1 is 0.652 bits per heavy atom. The minimum absolute atomic E-state index is 0.749. The lowest BCUT2D eigenvalue weighted by atomic mass is 9.95. The monoisotopic (exact) mass is 327 g/mol. The largest absolute Gasteiger partial charge is 0.381 e. The maximum Gasteiger partial charge on any atom is 0.0494 e. The molecule has 0 aliphatic rings. The molecule has 0 rings (SSSR count). The van der Waals surface area contributed by atoms with Crippen LogP contribution in [0.15, 0.2) is 0 Å². The molecule has 2 N–H and O–H groups in total. The van der Waals surface area contributed by atoms with Gasteiger partial charge in [0.1, 0.15) is 0 Å². The van der Waals surface area contributed by atoms with Crippen molar-refractivity contribution in [2.24, 2.45) is 11.7 Å². The van der Waals surface area contributed by atoms with Crippen LogP contribution in [0, 0.1) is 5.92 Å². The molecule has 1 unspecified atom stereocenters. The van der Waals surface area contributed by atoms with E-state index in [1.165, 1.54) is 89.9 Å². The molecule has 0 aliphatic heterocycles. The summed E-state index contributed by atoms with van der Waals surface area (Å²) in [5.41, 5.74) is 5.54. The van der Waals surface area contributed by atoms with E-state index >= 15 is 0 Å². The summed E-state index contributed by atoms with van der Waals surface area (Å²) in [7, 11) is 0. The second-order valence-corrected chi connectivity index (χ2v) is 7.20. The number of ether oxygens (including phenoxy) is 1. The lowest BCUT2D eigenvalue weighted by Crippen LogP contribution is -2.12. The molecule has 0 amide bonds. The van der Waals surface area contributed by atoms with Crippen molar-refractivity contribution in [3.8, 4) is 0 Å². The third kappa shape index (κ3) is 18.1. The van der Waals surface area contributed by atoms with Crippen LogP contribution in [0.1, 0.15) is 110 Å². The summed E-state index contributed by atoms with van der Waals surface area (Å²) >= 11 is 0. The molecule has 1 atom stereocenters. The van der Waals surface area contributed by atoms with E-state index in [1.54, 1.807) is 0 Å². The lowest BCUT2D eigenvalue weighted by molar-refractivity contribution is 0.0902. The SMILES string of the molecule is CCCCCCCCCC(CCCCCCC)COCCCN.